The van der Waals surface area contributed by atoms with Crippen LogP contribution < -0.4 is 9.47 Å². The van der Waals surface area contributed by atoms with Crippen LogP contribution in [0.1, 0.15) is 0 Å². The molecule has 10 nitrogen and oxygen atoms in total. The lowest BCUT2D eigenvalue weighted by atomic mass is 9.98. The Morgan fingerprint density at radius 3 is 1.89 bits per heavy atom. The van der Waals surface area contributed by atoms with Crippen molar-refractivity contribution in [1.82, 2.24) is 0 Å². The van der Waals surface area contributed by atoms with Crippen molar-refractivity contribution in [2.45, 2.75) is 30.7 Å². The van der Waals surface area contributed by atoms with Gasteiger partial charge in [0.25, 0.3) is 0 Å². The molecule has 0 spiro atoms. The van der Waals surface area contributed by atoms with Crippen LogP contribution in [-0.4, -0.2) is 107 Å². The molecular weight excluding hydrogens is 460 g/mol. The van der Waals surface area contributed by atoms with Crippen LogP contribution in [-0.2, 0) is 28.4 Å². The Labute approximate surface area is 204 Å². The first-order chi connectivity index (χ1) is 17.2. The number of rotatable bonds is 2. The molecule has 0 bridgehead atoms. The second kappa shape index (κ2) is 13.3. The zero-order chi connectivity index (χ0) is 24.5. The summed E-state index contributed by atoms with van der Waals surface area (Å²) in [5, 5.41) is 22.3. The summed E-state index contributed by atoms with van der Waals surface area (Å²) >= 11 is 0. The number of benzene rings is 2. The number of fused-ring (bicyclic) bond motifs is 3. The average Bonchev–Trinajstić information content (AvgIpc) is 2.88. The Kier molecular flexibility index (Phi) is 9.93. The number of aliphatic hydroxyl groups excluding tert-OH is 2. The quantitative estimate of drug-likeness (QED) is 0.630. The van der Waals surface area contributed by atoms with Crippen LogP contribution in [0.4, 0.5) is 0 Å². The fraction of sp³-hybridized carbons (Fsp3) is 0.600. The number of hydrogen-bond acceptors (Lipinski definition) is 10. The van der Waals surface area contributed by atoms with E-state index in [1.807, 2.05) is 36.4 Å². The van der Waals surface area contributed by atoms with Gasteiger partial charge in [0.15, 0.2) is 17.8 Å². The van der Waals surface area contributed by atoms with E-state index in [1.54, 1.807) is 0 Å². The predicted molar refractivity (Wildman–Crippen MR) is 125 cm³/mol. The molecule has 2 aromatic carbocycles. The van der Waals surface area contributed by atoms with E-state index in [0.29, 0.717) is 44.5 Å². The SMILES string of the molecule is CO[C@H]1O[C@H](CO)[C@@H](O)[C@@H]2OCCOCCOc3cc4ccccc4cc3OCCOCCO[C@H]12. The van der Waals surface area contributed by atoms with E-state index in [4.69, 9.17) is 37.9 Å². The van der Waals surface area contributed by atoms with Gasteiger partial charge in [0.1, 0.15) is 37.6 Å². The van der Waals surface area contributed by atoms with E-state index in [1.165, 1.54) is 7.11 Å². The van der Waals surface area contributed by atoms with Crippen molar-refractivity contribution in [3.8, 4) is 11.5 Å². The van der Waals surface area contributed by atoms with Crippen LogP contribution in [0.15, 0.2) is 36.4 Å². The molecule has 0 radical (unpaired) electrons. The molecule has 2 aliphatic rings. The minimum atomic E-state index is -1.09. The molecule has 4 rings (SSSR count). The van der Waals surface area contributed by atoms with Gasteiger partial charge in [-0.25, -0.2) is 0 Å². The summed E-state index contributed by atoms with van der Waals surface area (Å²) in [5.74, 6) is 1.28. The van der Waals surface area contributed by atoms with Crippen molar-refractivity contribution < 1.29 is 48.1 Å². The Morgan fingerprint density at radius 1 is 0.800 bits per heavy atom. The molecule has 0 aliphatic carbocycles. The molecule has 2 aromatic rings. The molecule has 2 heterocycles. The van der Waals surface area contributed by atoms with Gasteiger partial charge in [0, 0.05) is 7.11 Å². The van der Waals surface area contributed by atoms with Crippen molar-refractivity contribution in [2.24, 2.45) is 0 Å². The standard InChI is InChI=1S/C25H34O10/c1-28-25-24-23(22(27)21(16-26)35-25)33-12-8-29-6-10-31-19-14-17-4-2-3-5-18(17)15-20(19)32-11-7-30-9-13-34-24/h2-5,14-15,21-27H,6-13,16H2,1H3/t21-,22-,23+,24+,25+/m1/s1. The highest BCUT2D eigenvalue weighted by Crippen LogP contribution is 2.33. The second-order valence-corrected chi connectivity index (χ2v) is 8.19. The summed E-state index contributed by atoms with van der Waals surface area (Å²) in [6.45, 7) is 2.00. The summed E-state index contributed by atoms with van der Waals surface area (Å²) in [7, 11) is 1.47. The molecule has 194 valence electrons. The minimum Gasteiger partial charge on any atom is -0.487 e. The highest BCUT2D eigenvalue weighted by molar-refractivity contribution is 5.86. The first kappa shape index (κ1) is 26.1. The molecule has 0 aromatic heterocycles. The molecule has 1 saturated heterocycles. The molecule has 0 unspecified atom stereocenters. The fourth-order valence-corrected chi connectivity index (χ4v) is 4.13. The predicted octanol–water partition coefficient (Wildman–Crippen LogP) is 1.14. The maximum absolute atomic E-state index is 10.6. The fourth-order valence-electron chi connectivity index (χ4n) is 4.13. The smallest absolute Gasteiger partial charge is 0.186 e. The molecule has 0 saturated carbocycles. The van der Waals surface area contributed by atoms with E-state index < -0.39 is 30.7 Å². The van der Waals surface area contributed by atoms with E-state index >= 15 is 0 Å². The maximum atomic E-state index is 10.6. The summed E-state index contributed by atoms with van der Waals surface area (Å²) in [6, 6.07) is 11.9. The highest BCUT2D eigenvalue weighted by Gasteiger charge is 2.46. The lowest BCUT2D eigenvalue weighted by Crippen LogP contribution is -2.61. The summed E-state index contributed by atoms with van der Waals surface area (Å²) in [4.78, 5) is 0. The zero-order valence-corrected chi connectivity index (χ0v) is 19.9. The molecule has 2 N–H and O–H groups in total. The molecule has 5 atom stereocenters. The van der Waals surface area contributed by atoms with Gasteiger partial charge in [-0.15, -0.1) is 0 Å². The van der Waals surface area contributed by atoms with Gasteiger partial charge in [-0.1, -0.05) is 24.3 Å². The third kappa shape index (κ3) is 6.81. The van der Waals surface area contributed by atoms with Crippen molar-refractivity contribution in [3.05, 3.63) is 36.4 Å². The van der Waals surface area contributed by atoms with Gasteiger partial charge in [-0.3, -0.25) is 0 Å². The maximum Gasteiger partial charge on any atom is 0.186 e. The van der Waals surface area contributed by atoms with Gasteiger partial charge in [-0.2, -0.15) is 0 Å². The minimum absolute atomic E-state index is 0.205. The number of ether oxygens (including phenoxy) is 8. The molecule has 0 amide bonds. The molecule has 35 heavy (non-hydrogen) atoms. The molecular formula is C25H34O10. The Morgan fingerprint density at radius 2 is 1.34 bits per heavy atom. The van der Waals surface area contributed by atoms with Gasteiger partial charge >= 0.3 is 0 Å². The van der Waals surface area contributed by atoms with E-state index in [9.17, 15) is 10.2 Å². The van der Waals surface area contributed by atoms with Gasteiger partial charge < -0.3 is 48.1 Å². The van der Waals surface area contributed by atoms with Crippen LogP contribution >= 0.6 is 0 Å². The van der Waals surface area contributed by atoms with Crippen LogP contribution in [0.2, 0.25) is 0 Å². The summed E-state index contributed by atoms with van der Waals surface area (Å²) in [6.07, 6.45) is -4.23. The third-order valence-corrected chi connectivity index (χ3v) is 5.89. The van der Waals surface area contributed by atoms with Gasteiger partial charge in [0.2, 0.25) is 0 Å². The Balaban J connectivity index is 1.41. The van der Waals surface area contributed by atoms with Crippen molar-refractivity contribution in [2.75, 3.05) is 66.6 Å². The first-order valence-electron chi connectivity index (χ1n) is 11.9. The van der Waals surface area contributed by atoms with Gasteiger partial charge in [-0.05, 0) is 22.9 Å². The lowest BCUT2D eigenvalue weighted by molar-refractivity contribution is -0.312. The topological polar surface area (TPSA) is 114 Å². The van der Waals surface area contributed by atoms with Crippen molar-refractivity contribution in [1.29, 1.82) is 0 Å². The Hall–Kier alpha value is -2.02. The van der Waals surface area contributed by atoms with Crippen LogP contribution in [0.25, 0.3) is 10.8 Å². The van der Waals surface area contributed by atoms with Crippen molar-refractivity contribution in [3.63, 3.8) is 0 Å². The number of methoxy groups -OCH3 is 1. The third-order valence-electron chi connectivity index (χ3n) is 5.89. The van der Waals surface area contributed by atoms with Crippen LogP contribution in [0.5, 0.6) is 11.5 Å². The monoisotopic (exact) mass is 494 g/mol. The lowest BCUT2D eigenvalue weighted by Gasteiger charge is -2.43. The van der Waals surface area contributed by atoms with E-state index in [0.717, 1.165) is 10.8 Å². The van der Waals surface area contributed by atoms with Crippen LogP contribution in [0.3, 0.4) is 0 Å². The molecule has 10 heteroatoms. The number of hydrogen-bond donors (Lipinski definition) is 2. The van der Waals surface area contributed by atoms with Gasteiger partial charge in [0.05, 0.1) is 46.2 Å². The van der Waals surface area contributed by atoms with E-state index in [-0.39, 0.29) is 26.4 Å². The zero-order valence-electron chi connectivity index (χ0n) is 19.9. The molecule has 2 aliphatic heterocycles. The number of aliphatic hydroxyl groups is 2. The van der Waals surface area contributed by atoms with Crippen molar-refractivity contribution >= 4 is 10.8 Å². The largest absolute Gasteiger partial charge is 0.487 e. The first-order valence-corrected chi connectivity index (χ1v) is 11.9. The summed E-state index contributed by atoms with van der Waals surface area (Å²) in [5.41, 5.74) is 0. The summed E-state index contributed by atoms with van der Waals surface area (Å²) < 4.78 is 46.1. The highest BCUT2D eigenvalue weighted by atomic mass is 16.7. The van der Waals surface area contributed by atoms with E-state index in [2.05, 4.69) is 0 Å². The molecule has 1 fully saturated rings. The second-order valence-electron chi connectivity index (χ2n) is 8.19. The van der Waals surface area contributed by atoms with Crippen LogP contribution in [0, 0.1) is 0 Å². The average molecular weight is 495 g/mol. The Bertz CT molecular complexity index is 909. The normalized spacial score (nSPS) is 29.6.